The van der Waals surface area contributed by atoms with Crippen molar-refractivity contribution in [3.8, 4) is 0 Å². The van der Waals surface area contributed by atoms with Crippen LogP contribution in [-0.2, 0) is 9.47 Å². The number of hydrogen-bond acceptors (Lipinski definition) is 3. The van der Waals surface area contributed by atoms with Crippen molar-refractivity contribution < 1.29 is 14.3 Å². The Morgan fingerprint density at radius 1 is 1.14 bits per heavy atom. The minimum absolute atomic E-state index is 0.137. The fourth-order valence-corrected chi connectivity index (χ4v) is 4.12. The van der Waals surface area contributed by atoms with Crippen LogP contribution in [0.15, 0.2) is 0 Å². The van der Waals surface area contributed by atoms with Crippen molar-refractivity contribution in [2.24, 2.45) is 5.92 Å². The van der Waals surface area contributed by atoms with E-state index in [2.05, 4.69) is 0 Å². The first-order valence-corrected chi connectivity index (χ1v) is 9.04. The molecule has 0 N–H and O–H groups in total. The van der Waals surface area contributed by atoms with Crippen LogP contribution in [0.3, 0.4) is 0 Å². The van der Waals surface area contributed by atoms with E-state index >= 15 is 0 Å². The first-order chi connectivity index (χ1) is 10.7. The van der Waals surface area contributed by atoms with Crippen molar-refractivity contribution in [3.63, 3.8) is 0 Å². The first kappa shape index (κ1) is 14.8. The van der Waals surface area contributed by atoms with Gasteiger partial charge in [0.15, 0.2) is 0 Å². The lowest BCUT2D eigenvalue weighted by Crippen LogP contribution is -2.53. The molecule has 4 rings (SSSR count). The highest BCUT2D eigenvalue weighted by Crippen LogP contribution is 2.37. The third kappa shape index (κ3) is 3.11. The molecular formula is C17H28N2O3. The molecule has 0 radical (unpaired) electrons. The molecule has 0 aromatic rings. The van der Waals surface area contributed by atoms with Gasteiger partial charge in [-0.2, -0.15) is 0 Å². The lowest BCUT2D eigenvalue weighted by atomic mass is 9.89. The van der Waals surface area contributed by atoms with Gasteiger partial charge in [0.1, 0.15) is 0 Å². The average Bonchev–Trinajstić information content (AvgIpc) is 3.05. The van der Waals surface area contributed by atoms with E-state index in [4.69, 9.17) is 9.47 Å². The van der Waals surface area contributed by atoms with Gasteiger partial charge in [-0.3, -0.25) is 0 Å². The van der Waals surface area contributed by atoms with Gasteiger partial charge in [0.2, 0.25) is 0 Å². The third-order valence-corrected chi connectivity index (χ3v) is 5.63. The molecule has 0 unspecified atom stereocenters. The molecule has 0 aromatic carbocycles. The third-order valence-electron chi connectivity index (χ3n) is 5.63. The van der Waals surface area contributed by atoms with Crippen LogP contribution in [0.1, 0.15) is 44.9 Å². The molecule has 3 saturated heterocycles. The largest absolute Gasteiger partial charge is 0.375 e. The molecule has 1 spiro atoms. The Kier molecular flexibility index (Phi) is 4.03. The molecule has 4 aliphatic rings. The summed E-state index contributed by atoms with van der Waals surface area (Å²) in [5.41, 5.74) is -0.137. The quantitative estimate of drug-likeness (QED) is 0.803. The number of carbonyl (C=O) groups excluding carboxylic acids is 1. The van der Waals surface area contributed by atoms with Gasteiger partial charge in [0, 0.05) is 32.7 Å². The normalized spacial score (nSPS) is 35.5. The molecule has 0 aromatic heterocycles. The molecule has 2 amide bonds. The number of urea groups is 1. The monoisotopic (exact) mass is 308 g/mol. The van der Waals surface area contributed by atoms with Crippen LogP contribution in [0.25, 0.3) is 0 Å². The van der Waals surface area contributed by atoms with Crippen LogP contribution in [0.4, 0.5) is 4.79 Å². The predicted octanol–water partition coefficient (Wildman–Crippen LogP) is 2.25. The number of ether oxygens (including phenoxy) is 2. The highest BCUT2D eigenvalue weighted by molar-refractivity contribution is 5.75. The van der Waals surface area contributed by atoms with Crippen LogP contribution in [-0.4, -0.2) is 66.9 Å². The maximum atomic E-state index is 12.6. The summed E-state index contributed by atoms with van der Waals surface area (Å²) < 4.78 is 12.2. The molecule has 1 saturated carbocycles. The van der Waals surface area contributed by atoms with Crippen LogP contribution < -0.4 is 0 Å². The van der Waals surface area contributed by atoms with E-state index in [1.807, 2.05) is 9.80 Å². The Labute approximate surface area is 132 Å². The van der Waals surface area contributed by atoms with Crippen molar-refractivity contribution in [2.75, 3.05) is 39.4 Å². The van der Waals surface area contributed by atoms with Crippen molar-refractivity contribution in [3.05, 3.63) is 0 Å². The Hall–Kier alpha value is -0.810. The highest BCUT2D eigenvalue weighted by Gasteiger charge is 2.45. The summed E-state index contributed by atoms with van der Waals surface area (Å²) >= 11 is 0. The van der Waals surface area contributed by atoms with Crippen molar-refractivity contribution in [1.29, 1.82) is 0 Å². The zero-order valence-electron chi connectivity index (χ0n) is 13.5. The summed E-state index contributed by atoms with van der Waals surface area (Å²) in [6.07, 6.45) is 8.28. The second kappa shape index (κ2) is 6.00. The molecule has 5 heteroatoms. The number of carbonyl (C=O) groups is 1. The summed E-state index contributed by atoms with van der Waals surface area (Å²) in [6.45, 7) is 5.10. The van der Waals surface area contributed by atoms with E-state index < -0.39 is 0 Å². The number of piperidine rings is 1. The van der Waals surface area contributed by atoms with Crippen LogP contribution in [0.2, 0.25) is 0 Å². The minimum Gasteiger partial charge on any atom is -0.375 e. The SMILES string of the molecule is O=C(N1CCCC1)N1CCC[C@]2(C[C@H](OCC3CC3)CO2)C1. The molecule has 2 atom stereocenters. The zero-order valence-corrected chi connectivity index (χ0v) is 13.5. The van der Waals surface area contributed by atoms with Crippen LogP contribution in [0.5, 0.6) is 0 Å². The van der Waals surface area contributed by atoms with Gasteiger partial charge >= 0.3 is 6.03 Å². The Bertz CT molecular complexity index is 420. The number of likely N-dealkylation sites (tertiary alicyclic amines) is 2. The number of amides is 2. The molecule has 0 bridgehead atoms. The van der Waals surface area contributed by atoms with E-state index in [9.17, 15) is 4.79 Å². The van der Waals surface area contributed by atoms with E-state index in [0.29, 0.717) is 6.61 Å². The van der Waals surface area contributed by atoms with Gasteiger partial charge < -0.3 is 19.3 Å². The molecule has 5 nitrogen and oxygen atoms in total. The average molecular weight is 308 g/mol. The van der Waals surface area contributed by atoms with Crippen LogP contribution in [0, 0.1) is 5.92 Å². The molecule has 1 aliphatic carbocycles. The molecule has 124 valence electrons. The van der Waals surface area contributed by atoms with Gasteiger partial charge in [-0.15, -0.1) is 0 Å². The summed E-state index contributed by atoms with van der Waals surface area (Å²) in [4.78, 5) is 16.6. The first-order valence-electron chi connectivity index (χ1n) is 9.04. The van der Waals surface area contributed by atoms with Crippen molar-refractivity contribution in [2.45, 2.75) is 56.7 Å². The highest BCUT2D eigenvalue weighted by atomic mass is 16.6. The van der Waals surface area contributed by atoms with Gasteiger partial charge in [0.25, 0.3) is 0 Å². The van der Waals surface area contributed by atoms with E-state index in [1.54, 1.807) is 0 Å². The maximum absolute atomic E-state index is 12.6. The van der Waals surface area contributed by atoms with Gasteiger partial charge in [-0.25, -0.2) is 4.79 Å². The van der Waals surface area contributed by atoms with Gasteiger partial charge in [-0.1, -0.05) is 0 Å². The summed E-state index contributed by atoms with van der Waals surface area (Å²) in [7, 11) is 0. The maximum Gasteiger partial charge on any atom is 0.320 e. The van der Waals surface area contributed by atoms with Gasteiger partial charge in [-0.05, 0) is 44.4 Å². The lowest BCUT2D eigenvalue weighted by Gasteiger charge is -2.41. The van der Waals surface area contributed by atoms with Crippen molar-refractivity contribution >= 4 is 6.03 Å². The Morgan fingerprint density at radius 3 is 2.68 bits per heavy atom. The molecule has 22 heavy (non-hydrogen) atoms. The van der Waals surface area contributed by atoms with Crippen molar-refractivity contribution in [1.82, 2.24) is 9.80 Å². The topological polar surface area (TPSA) is 42.0 Å². The van der Waals surface area contributed by atoms with E-state index in [0.717, 1.165) is 70.8 Å². The number of nitrogens with zero attached hydrogens (tertiary/aromatic N) is 2. The Balaban J connectivity index is 1.32. The van der Waals surface area contributed by atoms with Gasteiger partial charge in [0.05, 0.1) is 24.9 Å². The van der Waals surface area contributed by atoms with E-state index in [1.165, 1.54) is 12.8 Å². The standard InChI is InChI=1S/C17H28N2O3/c20-16(18-7-1-2-8-18)19-9-3-6-17(13-19)10-15(12-22-17)21-11-14-4-5-14/h14-15H,1-13H2/t15-,17-/m0/s1. The zero-order chi connectivity index (χ0) is 15.0. The summed E-state index contributed by atoms with van der Waals surface area (Å²) in [5.74, 6) is 0.802. The fraction of sp³-hybridized carbons (Fsp3) is 0.941. The molecular weight excluding hydrogens is 280 g/mol. The summed E-state index contributed by atoms with van der Waals surface area (Å²) in [5, 5.41) is 0. The number of hydrogen-bond donors (Lipinski definition) is 0. The second-order valence-electron chi connectivity index (χ2n) is 7.60. The molecule has 3 aliphatic heterocycles. The van der Waals surface area contributed by atoms with E-state index in [-0.39, 0.29) is 17.7 Å². The molecule has 3 heterocycles. The molecule has 4 fully saturated rings. The minimum atomic E-state index is -0.137. The fourth-order valence-electron chi connectivity index (χ4n) is 4.12. The second-order valence-corrected chi connectivity index (χ2v) is 7.60. The smallest absolute Gasteiger partial charge is 0.320 e. The summed E-state index contributed by atoms with van der Waals surface area (Å²) in [6, 6.07) is 0.225. The lowest BCUT2D eigenvalue weighted by molar-refractivity contribution is -0.0454. The number of rotatable bonds is 3. The predicted molar refractivity (Wildman–Crippen MR) is 82.8 cm³/mol. The van der Waals surface area contributed by atoms with Crippen LogP contribution >= 0.6 is 0 Å². The Morgan fingerprint density at radius 2 is 1.91 bits per heavy atom.